The van der Waals surface area contributed by atoms with E-state index in [-0.39, 0.29) is 17.1 Å². The minimum absolute atomic E-state index is 0.0614. The molecule has 0 saturated heterocycles. The standard InChI is InChI=1S/C11H7FO2/c12-6-7-5-10(13)8-3-1-2-4-9(8)11(7)14/h1-5H,6H2. The molecule has 2 nitrogen and oxygen atoms in total. The number of hydrogen-bond acceptors (Lipinski definition) is 2. The van der Waals surface area contributed by atoms with Gasteiger partial charge < -0.3 is 0 Å². The highest BCUT2D eigenvalue weighted by Crippen LogP contribution is 2.20. The Morgan fingerprint density at radius 3 is 2.36 bits per heavy atom. The number of ketones is 2. The monoisotopic (exact) mass is 190 g/mol. The van der Waals surface area contributed by atoms with Crippen LogP contribution in [0.5, 0.6) is 0 Å². The molecule has 0 radical (unpaired) electrons. The van der Waals surface area contributed by atoms with Crippen LogP contribution in [0.15, 0.2) is 35.9 Å². The fourth-order valence-corrected chi connectivity index (χ4v) is 1.47. The molecule has 0 spiro atoms. The second kappa shape index (κ2) is 3.18. The van der Waals surface area contributed by atoms with Gasteiger partial charge in [-0.3, -0.25) is 9.59 Å². The lowest BCUT2D eigenvalue weighted by Gasteiger charge is -2.11. The van der Waals surface area contributed by atoms with Crippen LogP contribution in [0.2, 0.25) is 0 Å². The van der Waals surface area contributed by atoms with E-state index in [2.05, 4.69) is 0 Å². The Bertz CT molecular complexity index is 446. The van der Waals surface area contributed by atoms with Crippen molar-refractivity contribution in [3.05, 3.63) is 47.0 Å². The smallest absolute Gasteiger partial charge is 0.192 e. The van der Waals surface area contributed by atoms with Crippen molar-refractivity contribution in [2.45, 2.75) is 0 Å². The number of carbonyl (C=O) groups excluding carboxylic acids is 2. The van der Waals surface area contributed by atoms with E-state index in [1.54, 1.807) is 18.2 Å². The van der Waals surface area contributed by atoms with Gasteiger partial charge in [0.05, 0.1) is 0 Å². The highest BCUT2D eigenvalue weighted by atomic mass is 19.1. The van der Waals surface area contributed by atoms with E-state index < -0.39 is 6.67 Å². The number of rotatable bonds is 1. The van der Waals surface area contributed by atoms with Gasteiger partial charge in [0.25, 0.3) is 0 Å². The fraction of sp³-hybridized carbons (Fsp3) is 0.0909. The van der Waals surface area contributed by atoms with Gasteiger partial charge in [-0.25, -0.2) is 4.39 Å². The average Bonchev–Trinajstić information content (AvgIpc) is 2.23. The third-order valence-corrected chi connectivity index (χ3v) is 2.18. The van der Waals surface area contributed by atoms with E-state index in [9.17, 15) is 14.0 Å². The molecular weight excluding hydrogens is 183 g/mol. The van der Waals surface area contributed by atoms with Gasteiger partial charge in [0.2, 0.25) is 0 Å². The van der Waals surface area contributed by atoms with E-state index in [1.807, 2.05) is 0 Å². The summed E-state index contributed by atoms with van der Waals surface area (Å²) >= 11 is 0. The maximum Gasteiger partial charge on any atom is 0.192 e. The Kier molecular flexibility index (Phi) is 2.00. The molecule has 0 bridgehead atoms. The van der Waals surface area contributed by atoms with Crippen molar-refractivity contribution in [2.75, 3.05) is 6.67 Å². The van der Waals surface area contributed by atoms with Gasteiger partial charge in [0.1, 0.15) is 6.67 Å². The van der Waals surface area contributed by atoms with Gasteiger partial charge in [-0.1, -0.05) is 24.3 Å². The summed E-state index contributed by atoms with van der Waals surface area (Å²) in [6, 6.07) is 6.45. The quantitative estimate of drug-likeness (QED) is 0.678. The normalized spacial score (nSPS) is 15.1. The van der Waals surface area contributed by atoms with Gasteiger partial charge in [-0.05, 0) is 6.08 Å². The first-order chi connectivity index (χ1) is 6.74. The Balaban J connectivity index is 2.61. The molecule has 70 valence electrons. The van der Waals surface area contributed by atoms with Crippen molar-refractivity contribution in [2.24, 2.45) is 0 Å². The van der Waals surface area contributed by atoms with Gasteiger partial charge in [-0.2, -0.15) is 0 Å². The van der Waals surface area contributed by atoms with Crippen LogP contribution < -0.4 is 0 Å². The number of fused-ring (bicyclic) bond motifs is 1. The minimum atomic E-state index is -0.890. The predicted octanol–water partition coefficient (Wildman–Crippen LogP) is 1.96. The van der Waals surface area contributed by atoms with E-state index >= 15 is 0 Å². The van der Waals surface area contributed by atoms with Crippen LogP contribution in [-0.2, 0) is 0 Å². The van der Waals surface area contributed by atoms with Gasteiger partial charge in [0.15, 0.2) is 11.6 Å². The molecule has 1 aromatic rings. The van der Waals surface area contributed by atoms with Gasteiger partial charge >= 0.3 is 0 Å². The number of allylic oxidation sites excluding steroid dienone is 2. The molecular formula is C11H7FO2. The first kappa shape index (κ1) is 8.81. The number of hydrogen-bond donors (Lipinski definition) is 0. The maximum atomic E-state index is 12.4. The fourth-order valence-electron chi connectivity index (χ4n) is 1.47. The lowest BCUT2D eigenvalue weighted by atomic mass is 9.90. The molecule has 3 heteroatoms. The number of alkyl halides is 1. The summed E-state index contributed by atoms with van der Waals surface area (Å²) in [6.07, 6.45) is 1.07. The van der Waals surface area contributed by atoms with Crippen LogP contribution in [-0.4, -0.2) is 18.2 Å². The van der Waals surface area contributed by atoms with Crippen molar-refractivity contribution in [1.29, 1.82) is 0 Å². The van der Waals surface area contributed by atoms with Crippen molar-refractivity contribution in [3.63, 3.8) is 0 Å². The van der Waals surface area contributed by atoms with Crippen molar-refractivity contribution >= 4 is 11.6 Å². The van der Waals surface area contributed by atoms with E-state index in [4.69, 9.17) is 0 Å². The average molecular weight is 190 g/mol. The van der Waals surface area contributed by atoms with Crippen molar-refractivity contribution < 1.29 is 14.0 Å². The molecule has 0 aliphatic heterocycles. The lowest BCUT2D eigenvalue weighted by Crippen LogP contribution is -2.17. The second-order valence-electron chi connectivity index (χ2n) is 3.04. The van der Waals surface area contributed by atoms with Crippen LogP contribution in [0.1, 0.15) is 20.7 Å². The molecule has 14 heavy (non-hydrogen) atoms. The van der Waals surface area contributed by atoms with Crippen LogP contribution in [0.3, 0.4) is 0 Å². The first-order valence-electron chi connectivity index (χ1n) is 4.18. The summed E-state index contributed by atoms with van der Waals surface area (Å²) in [7, 11) is 0. The molecule has 0 saturated carbocycles. The maximum absolute atomic E-state index is 12.4. The summed E-state index contributed by atoms with van der Waals surface area (Å²) in [4.78, 5) is 22.9. The third kappa shape index (κ3) is 1.18. The zero-order chi connectivity index (χ0) is 10.1. The van der Waals surface area contributed by atoms with Crippen LogP contribution in [0.4, 0.5) is 4.39 Å². The zero-order valence-corrected chi connectivity index (χ0v) is 7.29. The minimum Gasteiger partial charge on any atom is -0.289 e. The van der Waals surface area contributed by atoms with Crippen LogP contribution >= 0.6 is 0 Å². The number of benzene rings is 1. The summed E-state index contributed by atoms with van der Waals surface area (Å²) in [5, 5.41) is 0. The van der Waals surface area contributed by atoms with Crippen molar-refractivity contribution in [3.8, 4) is 0 Å². The topological polar surface area (TPSA) is 34.1 Å². The zero-order valence-electron chi connectivity index (χ0n) is 7.29. The molecule has 0 unspecified atom stereocenters. The SMILES string of the molecule is O=C1C=C(CF)C(=O)c2ccccc21. The Labute approximate surface area is 80.0 Å². The Morgan fingerprint density at radius 1 is 1.07 bits per heavy atom. The number of Topliss-reactive ketones (excluding diaryl/α,β-unsaturated/α-hetero) is 1. The third-order valence-electron chi connectivity index (χ3n) is 2.18. The number of halogens is 1. The first-order valence-corrected chi connectivity index (χ1v) is 4.18. The van der Waals surface area contributed by atoms with E-state index in [0.717, 1.165) is 6.08 Å². The molecule has 1 aromatic carbocycles. The summed E-state index contributed by atoms with van der Waals surface area (Å²) in [5.74, 6) is -0.685. The highest BCUT2D eigenvalue weighted by Gasteiger charge is 2.24. The summed E-state index contributed by atoms with van der Waals surface area (Å²) in [5.41, 5.74) is 0.594. The molecule has 0 atom stereocenters. The van der Waals surface area contributed by atoms with Crippen LogP contribution in [0, 0.1) is 0 Å². The predicted molar refractivity (Wildman–Crippen MR) is 49.2 cm³/mol. The van der Waals surface area contributed by atoms with Gasteiger partial charge in [-0.15, -0.1) is 0 Å². The Morgan fingerprint density at radius 2 is 1.71 bits per heavy atom. The lowest BCUT2D eigenvalue weighted by molar-refractivity contribution is 0.0979. The molecule has 1 aliphatic carbocycles. The summed E-state index contributed by atoms with van der Waals surface area (Å²) < 4.78 is 12.4. The molecule has 0 N–H and O–H groups in total. The van der Waals surface area contributed by atoms with Crippen molar-refractivity contribution in [1.82, 2.24) is 0 Å². The molecule has 0 heterocycles. The highest BCUT2D eigenvalue weighted by molar-refractivity contribution is 6.24. The van der Waals surface area contributed by atoms with Crippen LogP contribution in [0.25, 0.3) is 0 Å². The van der Waals surface area contributed by atoms with E-state index in [1.165, 1.54) is 6.07 Å². The molecule has 0 amide bonds. The largest absolute Gasteiger partial charge is 0.289 e. The Hall–Kier alpha value is -1.77. The number of carbonyl (C=O) groups is 2. The molecule has 0 aromatic heterocycles. The molecule has 1 aliphatic rings. The van der Waals surface area contributed by atoms with E-state index in [0.29, 0.717) is 11.1 Å². The molecule has 2 rings (SSSR count). The second-order valence-corrected chi connectivity index (χ2v) is 3.04. The molecule has 0 fully saturated rings. The van der Waals surface area contributed by atoms with Gasteiger partial charge in [0, 0.05) is 16.7 Å². The summed E-state index contributed by atoms with van der Waals surface area (Å²) in [6.45, 7) is -0.890.